The average Bonchev–Trinajstić information content (AvgIpc) is 2.35. The molecule has 0 aromatic carbocycles. The van der Waals surface area contributed by atoms with Gasteiger partial charge in [0.15, 0.2) is 24.7 Å². The van der Waals surface area contributed by atoms with Crippen LogP contribution in [0.2, 0.25) is 0 Å². The van der Waals surface area contributed by atoms with Crippen LogP contribution in [0.5, 0.6) is 0 Å². The van der Waals surface area contributed by atoms with E-state index in [4.69, 9.17) is 14.2 Å². The lowest BCUT2D eigenvalue weighted by atomic mass is 10.00. The number of carbonyl (C=O) groups excluding carboxylic acids is 3. The van der Waals surface area contributed by atoms with Crippen LogP contribution in [0, 0.1) is 0 Å². The first-order valence-corrected chi connectivity index (χ1v) is 6.17. The summed E-state index contributed by atoms with van der Waals surface area (Å²) < 4.78 is 33.3. The van der Waals surface area contributed by atoms with E-state index in [-0.39, 0.29) is 0 Å². The van der Waals surface area contributed by atoms with Crippen molar-refractivity contribution >= 4 is 17.9 Å². The zero-order chi connectivity index (χ0) is 16.2. The maximum absolute atomic E-state index is 14.3. The third kappa shape index (κ3) is 4.94. The molecule has 0 radical (unpaired) electrons. The second-order valence-corrected chi connectivity index (χ2v) is 4.46. The molecule has 0 aromatic heterocycles. The first-order chi connectivity index (χ1) is 9.72. The van der Waals surface area contributed by atoms with Gasteiger partial charge in [0.1, 0.15) is 12.7 Å². The molecule has 0 spiro atoms. The molecule has 0 aliphatic carbocycles. The van der Waals surface area contributed by atoms with E-state index in [1.807, 2.05) is 0 Å². The summed E-state index contributed by atoms with van der Waals surface area (Å²) >= 11 is 0. The summed E-state index contributed by atoms with van der Waals surface area (Å²) in [4.78, 5) is 32.7. The zero-order valence-electron chi connectivity index (χ0n) is 11.8. The van der Waals surface area contributed by atoms with Gasteiger partial charge in [-0.05, 0) is 0 Å². The van der Waals surface area contributed by atoms with Gasteiger partial charge in [0, 0.05) is 20.8 Å². The Morgan fingerprint density at radius 3 is 2.05 bits per heavy atom. The van der Waals surface area contributed by atoms with Crippen LogP contribution >= 0.6 is 0 Å². The smallest absolute Gasteiger partial charge is 0.303 e. The molecule has 0 aromatic rings. The molecule has 0 unspecified atom stereocenters. The molecule has 1 aliphatic rings. The van der Waals surface area contributed by atoms with Gasteiger partial charge in [-0.25, -0.2) is 4.39 Å². The van der Waals surface area contributed by atoms with E-state index >= 15 is 0 Å². The minimum absolute atomic E-state index is 0.474. The van der Waals surface area contributed by atoms with Crippen molar-refractivity contribution in [3.8, 4) is 0 Å². The van der Waals surface area contributed by atoms with Crippen LogP contribution in [0.3, 0.4) is 0 Å². The Morgan fingerprint density at radius 2 is 1.57 bits per heavy atom. The topological polar surface area (TPSA) is 108 Å². The number of aliphatic hydroxyl groups is 1. The van der Waals surface area contributed by atoms with E-state index in [0.717, 1.165) is 20.8 Å². The van der Waals surface area contributed by atoms with Crippen molar-refractivity contribution < 1.29 is 42.8 Å². The molecule has 1 rings (SSSR count). The largest absolute Gasteiger partial charge is 0.463 e. The van der Waals surface area contributed by atoms with Gasteiger partial charge < -0.3 is 24.1 Å². The van der Waals surface area contributed by atoms with Gasteiger partial charge in [0.25, 0.3) is 0 Å². The van der Waals surface area contributed by atoms with Crippen LogP contribution < -0.4 is 0 Å². The van der Waals surface area contributed by atoms with Crippen LogP contribution in [0.4, 0.5) is 4.39 Å². The zero-order valence-corrected chi connectivity index (χ0v) is 11.8. The lowest BCUT2D eigenvalue weighted by molar-refractivity contribution is -0.283. The molecule has 120 valence electrons. The number of hydrogen-bond acceptors (Lipinski definition) is 8. The highest BCUT2D eigenvalue weighted by atomic mass is 19.1. The van der Waals surface area contributed by atoms with Crippen molar-refractivity contribution in [2.75, 3.05) is 6.61 Å². The van der Waals surface area contributed by atoms with Gasteiger partial charge in [-0.1, -0.05) is 0 Å². The molecule has 1 fully saturated rings. The Bertz CT molecular complexity index is 412. The van der Waals surface area contributed by atoms with E-state index in [9.17, 15) is 23.9 Å². The lowest BCUT2D eigenvalue weighted by Gasteiger charge is -2.39. The quantitative estimate of drug-likeness (QED) is 0.545. The predicted octanol–water partition coefficient (Wildman–Crippen LogP) is -0.532. The van der Waals surface area contributed by atoms with E-state index < -0.39 is 55.3 Å². The number of alkyl halides is 1. The van der Waals surface area contributed by atoms with Crippen LogP contribution in [-0.2, 0) is 33.3 Å². The van der Waals surface area contributed by atoms with Crippen LogP contribution in [0.15, 0.2) is 0 Å². The maximum Gasteiger partial charge on any atom is 0.303 e. The summed E-state index contributed by atoms with van der Waals surface area (Å²) in [6.45, 7) is 2.74. The van der Waals surface area contributed by atoms with Gasteiger partial charge in [-0.15, -0.1) is 0 Å². The minimum Gasteiger partial charge on any atom is -0.463 e. The SMILES string of the molecule is CC(=O)OC[C@H]1O[C@@H](O)[C@H](OC(C)=O)[C@@H](OC(C)=O)[C@H]1F. The first kappa shape index (κ1) is 17.3. The fourth-order valence-corrected chi connectivity index (χ4v) is 1.86. The van der Waals surface area contributed by atoms with E-state index in [1.165, 1.54) is 0 Å². The van der Waals surface area contributed by atoms with Crippen molar-refractivity contribution in [3.05, 3.63) is 0 Å². The standard InChI is InChI=1S/C12H17FO8/c1-5(14)18-4-8-9(13)10(19-6(2)15)11(12(17)21-8)20-7(3)16/h8-12,17H,4H2,1-3H3/t8-,9+,10+,11-,12-/m1/s1. The number of carbonyl (C=O) groups is 3. The van der Waals surface area contributed by atoms with Crippen LogP contribution in [0.25, 0.3) is 0 Å². The molecular formula is C12H17FO8. The van der Waals surface area contributed by atoms with Gasteiger partial charge >= 0.3 is 17.9 Å². The number of rotatable bonds is 4. The maximum atomic E-state index is 14.3. The highest BCUT2D eigenvalue weighted by Crippen LogP contribution is 2.27. The fourth-order valence-electron chi connectivity index (χ4n) is 1.86. The Balaban J connectivity index is 2.87. The Hall–Kier alpha value is -1.74. The highest BCUT2D eigenvalue weighted by Gasteiger charge is 2.50. The Labute approximate surface area is 120 Å². The molecule has 1 saturated heterocycles. The predicted molar refractivity (Wildman–Crippen MR) is 63.5 cm³/mol. The molecule has 1 heterocycles. The third-order valence-corrected chi connectivity index (χ3v) is 2.64. The summed E-state index contributed by atoms with van der Waals surface area (Å²) in [7, 11) is 0. The van der Waals surface area contributed by atoms with Gasteiger partial charge in [-0.3, -0.25) is 14.4 Å². The van der Waals surface area contributed by atoms with E-state index in [0.29, 0.717) is 0 Å². The van der Waals surface area contributed by atoms with Crippen LogP contribution in [-0.4, -0.2) is 60.4 Å². The summed E-state index contributed by atoms with van der Waals surface area (Å²) in [5.41, 5.74) is 0. The van der Waals surface area contributed by atoms with Crippen molar-refractivity contribution in [3.63, 3.8) is 0 Å². The average molecular weight is 308 g/mol. The summed E-state index contributed by atoms with van der Waals surface area (Å²) in [5, 5.41) is 9.76. The second kappa shape index (κ2) is 7.32. The normalized spacial score (nSPS) is 32.1. The fraction of sp³-hybridized carbons (Fsp3) is 0.750. The molecule has 8 nitrogen and oxygen atoms in total. The van der Waals surface area contributed by atoms with E-state index in [2.05, 4.69) is 4.74 Å². The number of ether oxygens (including phenoxy) is 4. The number of aliphatic hydroxyl groups excluding tert-OH is 1. The molecule has 0 amide bonds. The highest BCUT2D eigenvalue weighted by molar-refractivity contribution is 5.67. The lowest BCUT2D eigenvalue weighted by Crippen LogP contribution is -2.59. The minimum atomic E-state index is -1.94. The van der Waals surface area contributed by atoms with Crippen LogP contribution in [0.1, 0.15) is 20.8 Å². The summed E-state index contributed by atoms with van der Waals surface area (Å²) in [6.07, 6.45) is -8.07. The number of esters is 3. The number of halogens is 1. The molecule has 1 aliphatic heterocycles. The summed E-state index contributed by atoms with van der Waals surface area (Å²) in [6, 6.07) is 0. The second-order valence-electron chi connectivity index (χ2n) is 4.46. The van der Waals surface area contributed by atoms with E-state index in [1.54, 1.807) is 0 Å². The Morgan fingerprint density at radius 1 is 1.05 bits per heavy atom. The van der Waals surface area contributed by atoms with Gasteiger partial charge in [-0.2, -0.15) is 0 Å². The molecule has 0 bridgehead atoms. The molecule has 1 N–H and O–H groups in total. The summed E-state index contributed by atoms with van der Waals surface area (Å²) in [5.74, 6) is -2.28. The third-order valence-electron chi connectivity index (χ3n) is 2.64. The molecular weight excluding hydrogens is 291 g/mol. The van der Waals surface area contributed by atoms with Gasteiger partial charge in [0.2, 0.25) is 0 Å². The van der Waals surface area contributed by atoms with Crippen molar-refractivity contribution in [2.45, 2.75) is 51.5 Å². The molecule has 21 heavy (non-hydrogen) atoms. The molecule has 0 saturated carbocycles. The Kier molecular flexibility index (Phi) is 6.03. The first-order valence-electron chi connectivity index (χ1n) is 6.17. The van der Waals surface area contributed by atoms with Crippen molar-refractivity contribution in [1.29, 1.82) is 0 Å². The monoisotopic (exact) mass is 308 g/mol. The molecule has 9 heteroatoms. The molecule has 5 atom stereocenters. The van der Waals surface area contributed by atoms with Crippen molar-refractivity contribution in [1.82, 2.24) is 0 Å². The van der Waals surface area contributed by atoms with Gasteiger partial charge in [0.05, 0.1) is 0 Å². The number of hydrogen-bond donors (Lipinski definition) is 1. The van der Waals surface area contributed by atoms with Crippen molar-refractivity contribution in [2.24, 2.45) is 0 Å².